The van der Waals surface area contributed by atoms with E-state index in [2.05, 4.69) is 46.0 Å². The van der Waals surface area contributed by atoms with Crippen LogP contribution in [0.3, 0.4) is 0 Å². The Labute approximate surface area is 173 Å². The summed E-state index contributed by atoms with van der Waals surface area (Å²) in [6.07, 6.45) is -0.156. The summed E-state index contributed by atoms with van der Waals surface area (Å²) in [7, 11) is -2.05. The molecule has 0 N–H and O–H groups in total. The first-order valence-electron chi connectivity index (χ1n) is 10.6. The lowest BCUT2D eigenvalue weighted by Gasteiger charge is -2.67. The number of benzene rings is 1. The zero-order chi connectivity index (χ0) is 20.4. The van der Waals surface area contributed by atoms with E-state index in [-0.39, 0.29) is 35.6 Å². The third kappa shape index (κ3) is 3.14. The molecule has 0 aromatic heterocycles. The van der Waals surface area contributed by atoms with Crippen LogP contribution < -0.4 is 0 Å². The molecule has 160 valence electrons. The Morgan fingerprint density at radius 1 is 1.03 bits per heavy atom. The quantitative estimate of drug-likeness (QED) is 0.679. The smallest absolute Gasteiger partial charge is 0.273 e. The van der Waals surface area contributed by atoms with Gasteiger partial charge in [0, 0.05) is 6.42 Å². The lowest BCUT2D eigenvalue weighted by Crippen LogP contribution is -2.84. The van der Waals surface area contributed by atoms with Gasteiger partial charge in [-0.25, -0.2) is 0 Å². The molecule has 1 aromatic rings. The Hall–Kier alpha value is -0.803. The van der Waals surface area contributed by atoms with Gasteiger partial charge in [0.15, 0.2) is 8.32 Å². The average molecular weight is 421 g/mol. The van der Waals surface area contributed by atoms with Crippen LogP contribution in [0.2, 0.25) is 18.1 Å². The molecule has 0 amide bonds. The highest BCUT2D eigenvalue weighted by Crippen LogP contribution is 2.54. The van der Waals surface area contributed by atoms with Gasteiger partial charge in [-0.3, -0.25) is 0 Å². The van der Waals surface area contributed by atoms with E-state index >= 15 is 0 Å². The van der Waals surface area contributed by atoms with E-state index in [9.17, 15) is 0 Å². The van der Waals surface area contributed by atoms with E-state index in [1.54, 1.807) is 0 Å². The fourth-order valence-corrected chi connectivity index (χ4v) is 5.93. The van der Waals surface area contributed by atoms with Gasteiger partial charge in [-0.2, -0.15) is 0 Å². The van der Waals surface area contributed by atoms with Gasteiger partial charge in [0.2, 0.25) is 0 Å². The van der Waals surface area contributed by atoms with Crippen LogP contribution in [0.5, 0.6) is 0 Å². The SMILES string of the molecule is CC(C)(C)[Si](C)(C)OC1C2OC3OC(C2OCc2ccccc2)C2(CCO2)C1O3. The molecule has 1 aliphatic carbocycles. The molecule has 5 fully saturated rings. The van der Waals surface area contributed by atoms with Gasteiger partial charge in [-0.05, 0) is 23.7 Å². The van der Waals surface area contributed by atoms with Crippen LogP contribution >= 0.6 is 0 Å². The highest BCUT2D eigenvalue weighted by molar-refractivity contribution is 6.74. The maximum atomic E-state index is 6.87. The lowest BCUT2D eigenvalue weighted by molar-refractivity contribution is -0.517. The van der Waals surface area contributed by atoms with Crippen molar-refractivity contribution in [1.82, 2.24) is 0 Å². The molecule has 4 saturated heterocycles. The van der Waals surface area contributed by atoms with Crippen molar-refractivity contribution in [3.05, 3.63) is 35.9 Å². The molecule has 1 aromatic carbocycles. The lowest BCUT2D eigenvalue weighted by atomic mass is 9.69. The molecule has 7 heteroatoms. The van der Waals surface area contributed by atoms with E-state index in [4.69, 9.17) is 28.1 Å². The first-order chi connectivity index (χ1) is 13.7. The third-order valence-electron chi connectivity index (χ3n) is 7.38. The minimum absolute atomic E-state index is 0.0895. The minimum atomic E-state index is -2.05. The Balaban J connectivity index is 1.43. The summed E-state index contributed by atoms with van der Waals surface area (Å²) in [6, 6.07) is 10.2. The number of hydrogen-bond acceptors (Lipinski definition) is 6. The Bertz CT molecular complexity index is 743. The molecule has 0 radical (unpaired) electrons. The van der Waals surface area contributed by atoms with E-state index < -0.39 is 20.4 Å². The van der Waals surface area contributed by atoms with Crippen molar-refractivity contribution >= 4 is 8.32 Å². The van der Waals surface area contributed by atoms with Crippen molar-refractivity contribution < 1.29 is 28.1 Å². The van der Waals surface area contributed by atoms with Gasteiger partial charge >= 0.3 is 0 Å². The molecular formula is C22H32O6Si. The molecule has 29 heavy (non-hydrogen) atoms. The van der Waals surface area contributed by atoms with Crippen molar-refractivity contribution in [2.75, 3.05) is 6.61 Å². The van der Waals surface area contributed by atoms with Crippen molar-refractivity contribution in [3.63, 3.8) is 0 Å². The first kappa shape index (κ1) is 20.1. The van der Waals surface area contributed by atoms with Crippen LogP contribution in [-0.4, -0.2) is 57.5 Å². The number of rotatable bonds is 5. The second kappa shape index (κ2) is 6.85. The fourth-order valence-electron chi connectivity index (χ4n) is 4.63. The van der Waals surface area contributed by atoms with E-state index in [1.165, 1.54) is 0 Å². The first-order valence-corrected chi connectivity index (χ1v) is 13.6. The largest absolute Gasteiger partial charge is 0.408 e. The van der Waals surface area contributed by atoms with Crippen molar-refractivity contribution in [2.45, 2.75) is 94.5 Å². The fraction of sp³-hybridized carbons (Fsp3) is 0.727. The summed E-state index contributed by atoms with van der Waals surface area (Å²) in [4.78, 5) is 0. The Kier molecular flexibility index (Phi) is 4.75. The summed E-state index contributed by atoms with van der Waals surface area (Å²) in [5, 5.41) is 0.0895. The molecule has 7 atom stereocenters. The second-order valence-electron chi connectivity index (χ2n) is 10.2. The highest BCUT2D eigenvalue weighted by Gasteiger charge is 2.73. The van der Waals surface area contributed by atoms with Crippen LogP contribution in [0.4, 0.5) is 0 Å². The standard InChI is InChI=1S/C22H32O6Si/c1-21(2,3)29(4,5)28-17-15-16(23-13-14-9-7-6-8-10-14)18-22(11-12-24-22)19(17)27-20(25-15)26-18/h6-10,15-20H,11-13H2,1-5H3. The highest BCUT2D eigenvalue weighted by atomic mass is 28.4. The predicted molar refractivity (Wildman–Crippen MR) is 109 cm³/mol. The zero-order valence-electron chi connectivity index (χ0n) is 17.9. The summed E-state index contributed by atoms with van der Waals surface area (Å²) in [6.45, 7) is 11.8. The maximum Gasteiger partial charge on any atom is 0.273 e. The molecule has 7 unspecified atom stereocenters. The van der Waals surface area contributed by atoms with Gasteiger partial charge in [-0.15, -0.1) is 0 Å². The van der Waals surface area contributed by atoms with E-state index in [0.29, 0.717) is 13.2 Å². The van der Waals surface area contributed by atoms with Crippen LogP contribution in [0.25, 0.3) is 0 Å². The monoisotopic (exact) mass is 420 g/mol. The Morgan fingerprint density at radius 2 is 1.69 bits per heavy atom. The molecule has 6 nitrogen and oxygen atoms in total. The predicted octanol–water partition coefficient (Wildman–Crippen LogP) is 3.60. The Morgan fingerprint density at radius 3 is 2.28 bits per heavy atom. The van der Waals surface area contributed by atoms with Crippen molar-refractivity contribution in [1.29, 1.82) is 0 Å². The molecule has 6 rings (SSSR count). The zero-order valence-corrected chi connectivity index (χ0v) is 18.9. The van der Waals surface area contributed by atoms with E-state index in [0.717, 1.165) is 12.0 Å². The summed E-state index contributed by atoms with van der Waals surface area (Å²) >= 11 is 0. The van der Waals surface area contributed by atoms with E-state index in [1.807, 2.05) is 18.2 Å². The van der Waals surface area contributed by atoms with Crippen LogP contribution in [0.15, 0.2) is 30.3 Å². The molecule has 5 aliphatic rings. The minimum Gasteiger partial charge on any atom is -0.408 e. The molecular weight excluding hydrogens is 388 g/mol. The molecule has 4 aliphatic heterocycles. The van der Waals surface area contributed by atoms with Crippen molar-refractivity contribution in [3.8, 4) is 0 Å². The molecule has 4 heterocycles. The summed E-state index contributed by atoms with van der Waals surface area (Å²) in [5.74, 6) is 0. The molecule has 4 bridgehead atoms. The molecule has 1 saturated carbocycles. The van der Waals surface area contributed by atoms with Gasteiger partial charge in [0.1, 0.15) is 36.1 Å². The maximum absolute atomic E-state index is 6.87. The third-order valence-corrected chi connectivity index (χ3v) is 11.9. The average Bonchev–Trinajstić information content (AvgIpc) is 2.62. The van der Waals surface area contributed by atoms with Crippen LogP contribution in [-0.2, 0) is 34.7 Å². The van der Waals surface area contributed by atoms with Gasteiger partial charge in [0.25, 0.3) is 6.48 Å². The number of ether oxygens (including phenoxy) is 5. The second-order valence-corrected chi connectivity index (χ2v) is 14.9. The van der Waals surface area contributed by atoms with Crippen molar-refractivity contribution in [2.24, 2.45) is 0 Å². The number of hydrogen-bond donors (Lipinski definition) is 0. The summed E-state index contributed by atoms with van der Waals surface area (Å²) < 4.78 is 37.8. The summed E-state index contributed by atoms with van der Waals surface area (Å²) in [5.41, 5.74) is 0.633. The van der Waals surface area contributed by atoms with Gasteiger partial charge in [0.05, 0.1) is 13.2 Å². The molecule has 1 spiro atoms. The normalized spacial score (nSPS) is 41.0. The van der Waals surface area contributed by atoms with Crippen LogP contribution in [0, 0.1) is 0 Å². The van der Waals surface area contributed by atoms with Gasteiger partial charge < -0.3 is 28.1 Å². The van der Waals surface area contributed by atoms with Crippen LogP contribution in [0.1, 0.15) is 32.8 Å². The topological polar surface area (TPSA) is 55.4 Å². The van der Waals surface area contributed by atoms with Gasteiger partial charge in [-0.1, -0.05) is 51.1 Å².